The molecule has 2 rings (SSSR count). The molecule has 1 heterocycles. The summed E-state index contributed by atoms with van der Waals surface area (Å²) in [4.78, 5) is 0.548. The van der Waals surface area contributed by atoms with Crippen LogP contribution in [0.1, 0.15) is 31.2 Å². The molecular formula is C13H17BrO2S. The molecule has 4 heteroatoms. The molecule has 0 fully saturated rings. The van der Waals surface area contributed by atoms with Crippen LogP contribution in [-0.4, -0.2) is 19.5 Å². The minimum Gasteiger partial charge on any atom is -0.224 e. The highest BCUT2D eigenvalue weighted by molar-refractivity contribution is 9.09. The van der Waals surface area contributed by atoms with Gasteiger partial charge in [-0.2, -0.15) is 0 Å². The molecule has 1 aromatic rings. The number of halogens is 1. The number of hydrogen-bond acceptors (Lipinski definition) is 2. The van der Waals surface area contributed by atoms with Gasteiger partial charge in [-0.25, -0.2) is 8.42 Å². The van der Waals surface area contributed by atoms with Gasteiger partial charge in [-0.05, 0) is 24.0 Å². The van der Waals surface area contributed by atoms with Crippen molar-refractivity contribution in [1.29, 1.82) is 0 Å². The Kier molecular flexibility index (Phi) is 3.93. The summed E-state index contributed by atoms with van der Waals surface area (Å²) in [6.07, 6.45) is 2.16. The lowest BCUT2D eigenvalue weighted by molar-refractivity contribution is 0.461. The molecule has 0 N–H and O–H groups in total. The predicted octanol–water partition coefficient (Wildman–Crippen LogP) is 3.37. The highest BCUT2D eigenvalue weighted by Crippen LogP contribution is 2.41. The summed E-state index contributed by atoms with van der Waals surface area (Å²) in [6, 6.07) is 7.45. The van der Waals surface area contributed by atoms with Gasteiger partial charge in [-0.1, -0.05) is 47.5 Å². The lowest BCUT2D eigenvalue weighted by Gasteiger charge is -2.20. The number of fused-ring (bicyclic) bond motifs is 1. The average Bonchev–Trinajstić information content (AvgIpc) is 2.59. The van der Waals surface area contributed by atoms with Gasteiger partial charge in [-0.3, -0.25) is 0 Å². The van der Waals surface area contributed by atoms with Crippen molar-refractivity contribution in [2.45, 2.75) is 30.6 Å². The Bertz CT molecular complexity index is 496. The molecule has 1 aliphatic heterocycles. The number of hydrogen-bond donors (Lipinski definition) is 0. The van der Waals surface area contributed by atoms with Crippen molar-refractivity contribution in [1.82, 2.24) is 0 Å². The zero-order valence-electron chi connectivity index (χ0n) is 9.90. The zero-order chi connectivity index (χ0) is 12.5. The van der Waals surface area contributed by atoms with Crippen molar-refractivity contribution < 1.29 is 8.42 Å². The molecule has 0 aromatic heterocycles. The fourth-order valence-corrected chi connectivity index (χ4v) is 5.38. The van der Waals surface area contributed by atoms with Crippen molar-refractivity contribution in [3.05, 3.63) is 29.8 Å². The lowest BCUT2D eigenvalue weighted by Crippen LogP contribution is -2.16. The first-order valence-corrected chi connectivity index (χ1v) is 8.75. The summed E-state index contributed by atoms with van der Waals surface area (Å²) < 4.78 is 24.1. The average molecular weight is 317 g/mol. The van der Waals surface area contributed by atoms with E-state index in [2.05, 4.69) is 22.9 Å². The first-order valence-electron chi connectivity index (χ1n) is 5.97. The summed E-state index contributed by atoms with van der Waals surface area (Å²) in [5.74, 6) is 0.858. The molecule has 1 aromatic carbocycles. The Morgan fingerprint density at radius 1 is 1.41 bits per heavy atom. The second-order valence-electron chi connectivity index (χ2n) is 4.63. The molecule has 2 unspecified atom stereocenters. The zero-order valence-corrected chi connectivity index (χ0v) is 12.3. The molecule has 0 bridgehead atoms. The monoisotopic (exact) mass is 316 g/mol. The van der Waals surface area contributed by atoms with Crippen LogP contribution in [0.15, 0.2) is 29.2 Å². The summed E-state index contributed by atoms with van der Waals surface area (Å²) >= 11 is 3.52. The summed E-state index contributed by atoms with van der Waals surface area (Å²) in [7, 11) is -3.05. The number of benzene rings is 1. The van der Waals surface area contributed by atoms with Crippen molar-refractivity contribution in [3.63, 3.8) is 0 Å². The van der Waals surface area contributed by atoms with Gasteiger partial charge in [0.25, 0.3) is 0 Å². The van der Waals surface area contributed by atoms with Crippen LogP contribution in [0.3, 0.4) is 0 Å². The van der Waals surface area contributed by atoms with Gasteiger partial charge < -0.3 is 0 Å². The Hall–Kier alpha value is -0.350. The molecule has 1 aliphatic rings. The molecule has 2 atom stereocenters. The molecule has 0 aliphatic carbocycles. The van der Waals surface area contributed by atoms with Crippen LogP contribution in [0.5, 0.6) is 0 Å². The smallest absolute Gasteiger partial charge is 0.179 e. The maximum Gasteiger partial charge on any atom is 0.179 e. The van der Waals surface area contributed by atoms with Gasteiger partial charge in [0.15, 0.2) is 9.84 Å². The van der Waals surface area contributed by atoms with E-state index in [9.17, 15) is 8.42 Å². The van der Waals surface area contributed by atoms with Crippen LogP contribution < -0.4 is 0 Å². The maximum absolute atomic E-state index is 12.1. The molecule has 0 saturated carbocycles. The Labute approximate surface area is 111 Å². The van der Waals surface area contributed by atoms with E-state index in [1.54, 1.807) is 6.07 Å². The number of sulfone groups is 1. The van der Waals surface area contributed by atoms with E-state index in [1.165, 1.54) is 0 Å². The first kappa shape index (κ1) is 13.1. The molecule has 0 saturated heterocycles. The van der Waals surface area contributed by atoms with E-state index >= 15 is 0 Å². The summed E-state index contributed by atoms with van der Waals surface area (Å²) in [6.45, 7) is 2.14. The molecule has 94 valence electrons. The van der Waals surface area contributed by atoms with Gasteiger partial charge in [-0.15, -0.1) is 0 Å². The second-order valence-corrected chi connectivity index (χ2v) is 7.28. The Balaban J connectivity index is 2.40. The van der Waals surface area contributed by atoms with Crippen LogP contribution in [-0.2, 0) is 9.84 Å². The van der Waals surface area contributed by atoms with E-state index in [-0.39, 0.29) is 11.7 Å². The topological polar surface area (TPSA) is 34.1 Å². The lowest BCUT2D eigenvalue weighted by atomic mass is 9.86. The molecule has 2 nitrogen and oxygen atoms in total. The van der Waals surface area contributed by atoms with E-state index in [1.807, 2.05) is 18.2 Å². The SMILES string of the molecule is CCCC(CBr)C1CS(=O)(=O)c2ccccc21. The normalized spacial score (nSPS) is 23.3. The second kappa shape index (κ2) is 5.11. The maximum atomic E-state index is 12.1. The van der Waals surface area contributed by atoms with Gasteiger partial charge in [0.2, 0.25) is 0 Å². The van der Waals surface area contributed by atoms with Crippen LogP contribution in [0.4, 0.5) is 0 Å². The van der Waals surface area contributed by atoms with Crippen molar-refractivity contribution in [2.75, 3.05) is 11.1 Å². The van der Waals surface area contributed by atoms with Gasteiger partial charge >= 0.3 is 0 Å². The third kappa shape index (κ3) is 2.43. The largest absolute Gasteiger partial charge is 0.224 e. The fraction of sp³-hybridized carbons (Fsp3) is 0.538. The van der Waals surface area contributed by atoms with Crippen LogP contribution in [0, 0.1) is 5.92 Å². The standard InChI is InChI=1S/C13H17BrO2S/c1-2-5-10(8-14)12-9-17(15,16)13-7-4-3-6-11(12)13/h3-4,6-7,10,12H,2,5,8-9H2,1H3. The van der Waals surface area contributed by atoms with E-state index in [0.29, 0.717) is 10.8 Å². The number of rotatable bonds is 4. The Morgan fingerprint density at radius 3 is 2.76 bits per heavy atom. The van der Waals surface area contributed by atoms with Gasteiger partial charge in [0.05, 0.1) is 10.6 Å². The van der Waals surface area contributed by atoms with Crippen molar-refractivity contribution in [2.24, 2.45) is 5.92 Å². The molecule has 0 spiro atoms. The van der Waals surface area contributed by atoms with Crippen molar-refractivity contribution in [3.8, 4) is 0 Å². The van der Waals surface area contributed by atoms with Gasteiger partial charge in [0.1, 0.15) is 0 Å². The van der Waals surface area contributed by atoms with Crippen molar-refractivity contribution >= 4 is 25.8 Å². The predicted molar refractivity (Wildman–Crippen MR) is 73.4 cm³/mol. The van der Waals surface area contributed by atoms with Crippen LogP contribution >= 0.6 is 15.9 Å². The molecule has 17 heavy (non-hydrogen) atoms. The highest BCUT2D eigenvalue weighted by atomic mass is 79.9. The Morgan fingerprint density at radius 2 is 2.12 bits per heavy atom. The third-order valence-corrected chi connectivity index (χ3v) is 6.15. The fourth-order valence-electron chi connectivity index (χ4n) is 2.63. The third-order valence-electron chi connectivity index (χ3n) is 3.48. The molecule has 0 amide bonds. The first-order chi connectivity index (χ1) is 8.10. The van der Waals surface area contributed by atoms with Crippen LogP contribution in [0.25, 0.3) is 0 Å². The van der Waals surface area contributed by atoms with E-state index < -0.39 is 9.84 Å². The summed E-state index contributed by atoms with van der Waals surface area (Å²) in [5, 5.41) is 0.870. The van der Waals surface area contributed by atoms with Crippen LogP contribution in [0.2, 0.25) is 0 Å². The minimum atomic E-state index is -3.05. The number of alkyl halides is 1. The van der Waals surface area contributed by atoms with E-state index in [4.69, 9.17) is 0 Å². The molecule has 0 radical (unpaired) electrons. The molecular weight excluding hydrogens is 300 g/mol. The minimum absolute atomic E-state index is 0.163. The quantitative estimate of drug-likeness (QED) is 0.798. The highest BCUT2D eigenvalue weighted by Gasteiger charge is 2.37. The van der Waals surface area contributed by atoms with Gasteiger partial charge in [0, 0.05) is 11.2 Å². The van der Waals surface area contributed by atoms with E-state index in [0.717, 1.165) is 23.7 Å². The summed E-state index contributed by atoms with van der Waals surface area (Å²) in [5.41, 5.74) is 1.02.